The van der Waals surface area contributed by atoms with Crippen LogP contribution in [0.1, 0.15) is 18.5 Å². The van der Waals surface area contributed by atoms with Crippen LogP contribution in [0.4, 0.5) is 0 Å². The number of rotatable bonds is 3. The fraction of sp³-hybridized carbons (Fsp3) is 0.375. The Kier molecular flexibility index (Phi) is 4.28. The van der Waals surface area contributed by atoms with Crippen molar-refractivity contribution in [2.45, 2.75) is 13.0 Å². The number of amides is 1. The van der Waals surface area contributed by atoms with Crippen molar-refractivity contribution in [3.05, 3.63) is 35.0 Å². The van der Waals surface area contributed by atoms with Crippen LogP contribution in [-0.2, 0) is 9.59 Å². The monoisotopic (exact) mass is 335 g/mol. The minimum Gasteiger partial charge on any atom is -0.480 e. The average molecular weight is 336 g/mol. The van der Waals surface area contributed by atoms with Gasteiger partial charge in [-0.05, 0) is 18.2 Å². The first-order valence-corrected chi connectivity index (χ1v) is 7.84. The molecule has 0 bridgehead atoms. The molecule has 1 aliphatic rings. The van der Waals surface area contributed by atoms with Gasteiger partial charge in [-0.25, -0.2) is 0 Å². The van der Waals surface area contributed by atoms with Gasteiger partial charge in [0.1, 0.15) is 6.04 Å². The third-order valence-electron chi connectivity index (χ3n) is 4.33. The first-order chi connectivity index (χ1) is 11.0. The molecule has 0 aliphatic carbocycles. The molecule has 2 aromatic rings. The molecule has 1 aliphatic heterocycles. The lowest BCUT2D eigenvalue weighted by atomic mass is 10.0. The van der Waals surface area contributed by atoms with Crippen molar-refractivity contribution in [3.63, 3.8) is 0 Å². The van der Waals surface area contributed by atoms with E-state index in [1.54, 1.807) is 23.2 Å². The van der Waals surface area contributed by atoms with E-state index in [-0.39, 0.29) is 5.91 Å². The molecule has 0 spiro atoms. The standard InChI is InChI=1S/C16H18ClN3O3/c1-10(21)19-4-6-20(7-5-19)15(16(22)23)13-9-18-14-3-2-11(17)8-12(13)14/h2-3,8-9,15,18H,4-7H2,1H3,(H,22,23)/t15-/m1/s1. The Morgan fingerprint density at radius 3 is 2.57 bits per heavy atom. The van der Waals surface area contributed by atoms with E-state index in [2.05, 4.69) is 4.98 Å². The van der Waals surface area contributed by atoms with Gasteiger partial charge in [-0.1, -0.05) is 11.6 Å². The van der Waals surface area contributed by atoms with Crippen molar-refractivity contribution in [2.75, 3.05) is 26.2 Å². The van der Waals surface area contributed by atoms with Gasteiger partial charge in [0.05, 0.1) is 0 Å². The Labute approximate surface area is 138 Å². The van der Waals surface area contributed by atoms with E-state index in [0.717, 1.165) is 10.9 Å². The van der Waals surface area contributed by atoms with Gasteiger partial charge < -0.3 is 15.0 Å². The number of piperazine rings is 1. The number of carbonyl (C=O) groups excluding carboxylic acids is 1. The van der Waals surface area contributed by atoms with Gasteiger partial charge in [0, 0.05) is 60.8 Å². The van der Waals surface area contributed by atoms with Crippen molar-refractivity contribution < 1.29 is 14.7 Å². The highest BCUT2D eigenvalue weighted by Gasteiger charge is 2.32. The number of carboxylic acid groups (broad SMARTS) is 1. The number of halogens is 1. The highest BCUT2D eigenvalue weighted by atomic mass is 35.5. The van der Waals surface area contributed by atoms with E-state index < -0.39 is 12.0 Å². The second kappa shape index (κ2) is 6.22. The zero-order valence-electron chi connectivity index (χ0n) is 12.8. The molecular weight excluding hydrogens is 318 g/mol. The number of carbonyl (C=O) groups is 2. The van der Waals surface area contributed by atoms with E-state index in [4.69, 9.17) is 11.6 Å². The number of aliphatic carboxylic acids is 1. The number of H-pyrrole nitrogens is 1. The van der Waals surface area contributed by atoms with E-state index in [1.165, 1.54) is 6.92 Å². The molecule has 0 unspecified atom stereocenters. The van der Waals surface area contributed by atoms with Gasteiger partial charge in [-0.2, -0.15) is 0 Å². The summed E-state index contributed by atoms with van der Waals surface area (Å²) >= 11 is 6.05. The summed E-state index contributed by atoms with van der Waals surface area (Å²) in [6.45, 7) is 3.68. The molecule has 0 radical (unpaired) electrons. The minimum atomic E-state index is -0.901. The van der Waals surface area contributed by atoms with Gasteiger partial charge >= 0.3 is 5.97 Å². The minimum absolute atomic E-state index is 0.0235. The molecule has 1 fully saturated rings. The summed E-state index contributed by atoms with van der Waals surface area (Å²) in [5, 5.41) is 11.1. The number of nitrogens with zero attached hydrogens (tertiary/aromatic N) is 2. The Bertz CT molecular complexity index is 750. The second-order valence-corrected chi connectivity index (χ2v) is 6.15. The number of fused-ring (bicyclic) bond motifs is 1. The molecular formula is C16H18ClN3O3. The summed E-state index contributed by atoms with van der Waals surface area (Å²) in [4.78, 5) is 30.0. The van der Waals surface area contributed by atoms with Crippen molar-refractivity contribution in [3.8, 4) is 0 Å². The van der Waals surface area contributed by atoms with E-state index in [1.807, 2.05) is 11.0 Å². The molecule has 122 valence electrons. The summed E-state index contributed by atoms with van der Waals surface area (Å²) in [6.07, 6.45) is 1.73. The number of hydrogen-bond donors (Lipinski definition) is 2. The Balaban J connectivity index is 1.91. The van der Waals surface area contributed by atoms with E-state index >= 15 is 0 Å². The number of nitrogens with one attached hydrogen (secondary N) is 1. The average Bonchev–Trinajstić information content (AvgIpc) is 2.91. The zero-order valence-corrected chi connectivity index (χ0v) is 13.5. The fourth-order valence-corrected chi connectivity index (χ4v) is 3.29. The summed E-state index contributed by atoms with van der Waals surface area (Å²) < 4.78 is 0. The number of aromatic amines is 1. The van der Waals surface area contributed by atoms with Crippen molar-refractivity contribution in [2.24, 2.45) is 0 Å². The third-order valence-corrected chi connectivity index (χ3v) is 4.56. The molecule has 7 heteroatoms. The Morgan fingerprint density at radius 2 is 1.96 bits per heavy atom. The SMILES string of the molecule is CC(=O)N1CCN([C@@H](C(=O)O)c2c[nH]c3ccc(Cl)cc23)CC1. The summed E-state index contributed by atoms with van der Waals surface area (Å²) in [5.41, 5.74) is 1.56. The first kappa shape index (κ1) is 15.8. The second-order valence-electron chi connectivity index (χ2n) is 5.72. The lowest BCUT2D eigenvalue weighted by molar-refractivity contribution is -0.144. The molecule has 6 nitrogen and oxygen atoms in total. The lowest BCUT2D eigenvalue weighted by Gasteiger charge is -2.37. The van der Waals surface area contributed by atoms with Gasteiger partial charge in [0.15, 0.2) is 0 Å². The Morgan fingerprint density at radius 1 is 1.26 bits per heavy atom. The molecule has 23 heavy (non-hydrogen) atoms. The predicted molar refractivity (Wildman–Crippen MR) is 87.5 cm³/mol. The lowest BCUT2D eigenvalue weighted by Crippen LogP contribution is -2.50. The van der Waals surface area contributed by atoms with Gasteiger partial charge in [-0.3, -0.25) is 14.5 Å². The normalized spacial score (nSPS) is 17.4. The van der Waals surface area contributed by atoms with Crippen LogP contribution in [0.5, 0.6) is 0 Å². The van der Waals surface area contributed by atoms with Crippen LogP contribution in [0.15, 0.2) is 24.4 Å². The topological polar surface area (TPSA) is 76.6 Å². The first-order valence-electron chi connectivity index (χ1n) is 7.46. The zero-order chi connectivity index (χ0) is 16.6. The maximum absolute atomic E-state index is 11.9. The number of hydrogen-bond acceptors (Lipinski definition) is 3. The van der Waals surface area contributed by atoms with Crippen LogP contribution < -0.4 is 0 Å². The van der Waals surface area contributed by atoms with Crippen LogP contribution in [0.3, 0.4) is 0 Å². The van der Waals surface area contributed by atoms with Gasteiger partial charge in [0.2, 0.25) is 5.91 Å². The summed E-state index contributed by atoms with van der Waals surface area (Å²) in [5.74, 6) is -0.877. The number of carboxylic acids is 1. The van der Waals surface area contributed by atoms with Gasteiger partial charge in [-0.15, -0.1) is 0 Å². The maximum Gasteiger partial charge on any atom is 0.325 e. The molecule has 2 heterocycles. The van der Waals surface area contributed by atoms with Crippen molar-refractivity contribution in [1.82, 2.24) is 14.8 Å². The molecule has 1 amide bonds. The molecule has 1 aromatic heterocycles. The number of benzene rings is 1. The van der Waals surface area contributed by atoms with Crippen LogP contribution >= 0.6 is 11.6 Å². The van der Waals surface area contributed by atoms with Crippen LogP contribution in [-0.4, -0.2) is 57.9 Å². The quantitative estimate of drug-likeness (QED) is 0.900. The molecule has 1 aromatic carbocycles. The van der Waals surface area contributed by atoms with Crippen LogP contribution in [0.25, 0.3) is 10.9 Å². The maximum atomic E-state index is 11.9. The fourth-order valence-electron chi connectivity index (χ4n) is 3.12. The molecule has 1 saturated heterocycles. The van der Waals surface area contributed by atoms with Crippen molar-refractivity contribution in [1.29, 1.82) is 0 Å². The Hall–Kier alpha value is -2.05. The molecule has 1 atom stereocenters. The van der Waals surface area contributed by atoms with E-state index in [0.29, 0.717) is 36.8 Å². The van der Waals surface area contributed by atoms with Gasteiger partial charge in [0.25, 0.3) is 0 Å². The van der Waals surface area contributed by atoms with Crippen LogP contribution in [0, 0.1) is 0 Å². The summed E-state index contributed by atoms with van der Waals surface area (Å²) in [6, 6.07) is 4.64. The largest absolute Gasteiger partial charge is 0.480 e. The molecule has 2 N–H and O–H groups in total. The van der Waals surface area contributed by atoms with Crippen LogP contribution in [0.2, 0.25) is 5.02 Å². The third kappa shape index (κ3) is 3.04. The van der Waals surface area contributed by atoms with Crippen molar-refractivity contribution >= 4 is 34.4 Å². The highest BCUT2D eigenvalue weighted by Crippen LogP contribution is 2.31. The highest BCUT2D eigenvalue weighted by molar-refractivity contribution is 6.31. The predicted octanol–water partition coefficient (Wildman–Crippen LogP) is 2.11. The van der Waals surface area contributed by atoms with E-state index in [9.17, 15) is 14.7 Å². The summed E-state index contributed by atoms with van der Waals surface area (Å²) in [7, 11) is 0. The molecule has 0 saturated carbocycles. The smallest absolute Gasteiger partial charge is 0.325 e. The molecule has 3 rings (SSSR count). The number of aromatic nitrogens is 1.